The second kappa shape index (κ2) is 6.75. The quantitative estimate of drug-likeness (QED) is 0.750. The van der Waals surface area contributed by atoms with Crippen molar-refractivity contribution in [1.29, 1.82) is 0 Å². The number of carbonyl (C=O) groups is 1. The van der Waals surface area contributed by atoms with Gasteiger partial charge < -0.3 is 19.2 Å². The average molecular weight is 351 g/mol. The predicted molar refractivity (Wildman–Crippen MR) is 99.7 cm³/mol. The number of carboxylic acid groups (broad SMARTS) is 1. The maximum atomic E-state index is 11.1. The van der Waals surface area contributed by atoms with E-state index in [1.54, 1.807) is 6.92 Å². The first-order chi connectivity index (χ1) is 12.6. The van der Waals surface area contributed by atoms with Crippen LogP contribution in [0.1, 0.15) is 18.2 Å². The Morgan fingerprint density at radius 1 is 1.23 bits per heavy atom. The topological polar surface area (TPSA) is 62.9 Å². The van der Waals surface area contributed by atoms with Crippen LogP contribution in [0.2, 0.25) is 0 Å². The number of aliphatic carboxylic acids is 1. The molecular formula is C21H21NO4. The van der Waals surface area contributed by atoms with Crippen LogP contribution in [0, 0.1) is 5.92 Å². The molecule has 4 rings (SSSR count). The fourth-order valence-corrected chi connectivity index (χ4v) is 3.37. The Hall–Kier alpha value is -2.95. The van der Waals surface area contributed by atoms with Crippen LogP contribution in [0.5, 0.6) is 5.75 Å². The molecule has 0 amide bonds. The molecule has 1 aliphatic heterocycles. The normalized spacial score (nSPS) is 14.7. The highest BCUT2D eigenvalue weighted by atomic mass is 16.5. The molecule has 5 nitrogen and oxygen atoms in total. The van der Waals surface area contributed by atoms with E-state index in [4.69, 9.17) is 14.3 Å². The zero-order valence-electron chi connectivity index (χ0n) is 14.6. The molecule has 0 fully saturated rings. The van der Waals surface area contributed by atoms with Gasteiger partial charge in [0.05, 0.1) is 24.7 Å². The van der Waals surface area contributed by atoms with Crippen molar-refractivity contribution in [2.75, 3.05) is 18.1 Å². The SMILES string of the molecule is CC(Cc1ccc2oc(CN3CCOc4ccccc43)cc2c1)C(=O)O. The molecule has 5 heteroatoms. The van der Waals surface area contributed by atoms with Gasteiger partial charge in [0, 0.05) is 5.39 Å². The molecule has 134 valence electrons. The Balaban J connectivity index is 1.56. The molecule has 2 heterocycles. The lowest BCUT2D eigenvalue weighted by atomic mass is 10.0. The summed E-state index contributed by atoms with van der Waals surface area (Å²) >= 11 is 0. The number of nitrogens with zero attached hydrogens (tertiary/aromatic N) is 1. The summed E-state index contributed by atoms with van der Waals surface area (Å²) in [5.74, 6) is 0.618. The van der Waals surface area contributed by atoms with Crippen molar-refractivity contribution in [3.63, 3.8) is 0 Å². The highest BCUT2D eigenvalue weighted by Crippen LogP contribution is 2.33. The number of furan rings is 1. The van der Waals surface area contributed by atoms with Gasteiger partial charge in [-0.3, -0.25) is 4.79 Å². The Bertz CT molecular complexity index is 946. The second-order valence-electron chi connectivity index (χ2n) is 6.77. The molecule has 0 bridgehead atoms. The number of anilines is 1. The fourth-order valence-electron chi connectivity index (χ4n) is 3.37. The number of hydrogen-bond acceptors (Lipinski definition) is 4. The molecular weight excluding hydrogens is 330 g/mol. The molecule has 1 aromatic heterocycles. The van der Waals surface area contributed by atoms with Crippen LogP contribution >= 0.6 is 0 Å². The molecule has 26 heavy (non-hydrogen) atoms. The highest BCUT2D eigenvalue weighted by molar-refractivity contribution is 5.79. The molecule has 1 unspecified atom stereocenters. The van der Waals surface area contributed by atoms with Crippen molar-refractivity contribution in [3.05, 3.63) is 59.9 Å². The van der Waals surface area contributed by atoms with Crippen LogP contribution in [0.25, 0.3) is 11.0 Å². The van der Waals surface area contributed by atoms with Gasteiger partial charge in [0.15, 0.2) is 0 Å². The van der Waals surface area contributed by atoms with Crippen molar-refractivity contribution >= 4 is 22.6 Å². The lowest BCUT2D eigenvalue weighted by Gasteiger charge is -2.30. The number of rotatable bonds is 5. The summed E-state index contributed by atoms with van der Waals surface area (Å²) in [6.45, 7) is 3.88. The summed E-state index contributed by atoms with van der Waals surface area (Å²) in [6.07, 6.45) is 0.516. The van der Waals surface area contributed by atoms with Gasteiger partial charge in [0.2, 0.25) is 0 Å². The molecule has 3 aromatic rings. The maximum Gasteiger partial charge on any atom is 0.306 e. The smallest absolute Gasteiger partial charge is 0.306 e. The summed E-state index contributed by atoms with van der Waals surface area (Å²) in [4.78, 5) is 13.3. The van der Waals surface area contributed by atoms with E-state index in [2.05, 4.69) is 11.0 Å². The molecule has 1 N–H and O–H groups in total. The number of benzene rings is 2. The fraction of sp³-hybridized carbons (Fsp3) is 0.286. The second-order valence-corrected chi connectivity index (χ2v) is 6.77. The van der Waals surface area contributed by atoms with Crippen molar-refractivity contribution in [2.45, 2.75) is 19.9 Å². The number of fused-ring (bicyclic) bond motifs is 2. The highest BCUT2D eigenvalue weighted by Gasteiger charge is 2.19. The molecule has 1 aliphatic rings. The minimum absolute atomic E-state index is 0.399. The first-order valence-corrected chi connectivity index (χ1v) is 8.81. The van der Waals surface area contributed by atoms with Gasteiger partial charge in [-0.05, 0) is 42.3 Å². The van der Waals surface area contributed by atoms with E-state index in [1.165, 1.54) is 0 Å². The third-order valence-corrected chi connectivity index (χ3v) is 4.77. The van der Waals surface area contributed by atoms with Crippen LogP contribution in [0.4, 0.5) is 5.69 Å². The predicted octanol–water partition coefficient (Wildman–Crippen LogP) is 4.10. The molecule has 0 aliphatic carbocycles. The van der Waals surface area contributed by atoms with Gasteiger partial charge in [0.25, 0.3) is 0 Å². The first kappa shape index (κ1) is 16.5. The van der Waals surface area contributed by atoms with E-state index in [9.17, 15) is 4.79 Å². The third-order valence-electron chi connectivity index (χ3n) is 4.77. The van der Waals surface area contributed by atoms with Gasteiger partial charge in [0.1, 0.15) is 23.7 Å². The summed E-state index contributed by atoms with van der Waals surface area (Å²) in [6, 6.07) is 16.0. The van der Waals surface area contributed by atoms with Gasteiger partial charge in [-0.25, -0.2) is 0 Å². The largest absolute Gasteiger partial charge is 0.490 e. The first-order valence-electron chi connectivity index (χ1n) is 8.81. The van der Waals surface area contributed by atoms with E-state index >= 15 is 0 Å². The van der Waals surface area contributed by atoms with Crippen LogP contribution in [0.3, 0.4) is 0 Å². The Morgan fingerprint density at radius 2 is 2.08 bits per heavy atom. The van der Waals surface area contributed by atoms with Crippen molar-refractivity contribution in [2.24, 2.45) is 5.92 Å². The van der Waals surface area contributed by atoms with Gasteiger partial charge >= 0.3 is 5.97 Å². The number of hydrogen-bond donors (Lipinski definition) is 1. The van der Waals surface area contributed by atoms with E-state index in [0.717, 1.165) is 40.3 Å². The van der Waals surface area contributed by atoms with E-state index in [1.807, 2.05) is 42.5 Å². The van der Waals surface area contributed by atoms with E-state index in [-0.39, 0.29) is 0 Å². The lowest BCUT2D eigenvalue weighted by Crippen LogP contribution is -2.31. The minimum Gasteiger partial charge on any atom is -0.490 e. The number of para-hydroxylation sites is 2. The Kier molecular flexibility index (Phi) is 4.29. The monoisotopic (exact) mass is 351 g/mol. The van der Waals surface area contributed by atoms with Crippen LogP contribution < -0.4 is 9.64 Å². The third kappa shape index (κ3) is 3.25. The molecule has 0 radical (unpaired) electrons. The van der Waals surface area contributed by atoms with E-state index < -0.39 is 11.9 Å². The standard InChI is InChI=1S/C21H21NO4/c1-14(21(23)24)10-15-6-7-19-16(11-15)12-17(26-19)13-22-8-9-25-20-5-3-2-4-18(20)22/h2-7,11-12,14H,8-10,13H2,1H3,(H,23,24). The van der Waals surface area contributed by atoms with Crippen molar-refractivity contribution < 1.29 is 19.1 Å². The molecule has 1 atom stereocenters. The van der Waals surface area contributed by atoms with Gasteiger partial charge in [-0.15, -0.1) is 0 Å². The zero-order valence-corrected chi connectivity index (χ0v) is 14.6. The molecule has 0 saturated heterocycles. The Morgan fingerprint density at radius 3 is 2.92 bits per heavy atom. The zero-order chi connectivity index (χ0) is 18.1. The molecule has 2 aromatic carbocycles. The van der Waals surface area contributed by atoms with Crippen LogP contribution in [-0.2, 0) is 17.8 Å². The maximum absolute atomic E-state index is 11.1. The van der Waals surface area contributed by atoms with Crippen LogP contribution in [0.15, 0.2) is 52.9 Å². The van der Waals surface area contributed by atoms with Gasteiger partial charge in [-0.2, -0.15) is 0 Å². The summed E-state index contributed by atoms with van der Waals surface area (Å²) in [7, 11) is 0. The Labute approximate surface area is 151 Å². The van der Waals surface area contributed by atoms with Crippen molar-refractivity contribution in [1.82, 2.24) is 0 Å². The average Bonchev–Trinajstić information content (AvgIpc) is 3.03. The van der Waals surface area contributed by atoms with E-state index in [0.29, 0.717) is 19.6 Å². The number of carboxylic acids is 1. The molecule has 0 saturated carbocycles. The summed E-state index contributed by atoms with van der Waals surface area (Å²) in [5.41, 5.74) is 2.92. The minimum atomic E-state index is -0.774. The number of ether oxygens (including phenoxy) is 1. The summed E-state index contributed by atoms with van der Waals surface area (Å²) < 4.78 is 11.7. The van der Waals surface area contributed by atoms with Crippen molar-refractivity contribution in [3.8, 4) is 5.75 Å². The summed E-state index contributed by atoms with van der Waals surface area (Å²) in [5, 5.41) is 10.1. The molecule has 0 spiro atoms. The van der Waals surface area contributed by atoms with Crippen LogP contribution in [-0.4, -0.2) is 24.2 Å². The lowest BCUT2D eigenvalue weighted by molar-refractivity contribution is -0.141. The van der Waals surface area contributed by atoms with Gasteiger partial charge in [-0.1, -0.05) is 25.1 Å².